The molecule has 0 spiro atoms. The molecule has 2 heterocycles. The quantitative estimate of drug-likeness (QED) is 0.210. The number of Topliss-reactive ketones (excluding diaryl/α,β-unsaturated/α-hetero) is 1. The van der Waals surface area contributed by atoms with Crippen LogP contribution in [0.25, 0.3) is 5.69 Å². The van der Waals surface area contributed by atoms with E-state index in [4.69, 9.17) is 31.5 Å². The molecule has 7 nitrogen and oxygen atoms in total. The van der Waals surface area contributed by atoms with Gasteiger partial charge in [-0.3, -0.25) is 9.36 Å². The summed E-state index contributed by atoms with van der Waals surface area (Å²) in [6, 6.07) is 21.2. The van der Waals surface area contributed by atoms with Crippen molar-refractivity contribution in [2.45, 2.75) is 39.8 Å². The molecule has 0 unspecified atom stereocenters. The standard InChI is InChI=1S/C29H29N3O4S/c1-19(2)23-11-9-20(3)15-26(23)36-18-28-30-31(29(37)32(28)22-7-5-4-6-8-22)17-24(33)21-10-12-25-27(16-21)35-14-13-34-25/h4-12,15-16,19H,13-14,17-18H2,1-3H3. The van der Waals surface area contributed by atoms with Gasteiger partial charge in [-0.25, -0.2) is 4.68 Å². The first kappa shape index (κ1) is 24.8. The molecule has 1 aromatic heterocycles. The third-order valence-corrected chi connectivity index (χ3v) is 6.62. The summed E-state index contributed by atoms with van der Waals surface area (Å²) in [5.41, 5.74) is 3.62. The number of para-hydroxylation sites is 1. The zero-order valence-electron chi connectivity index (χ0n) is 21.1. The minimum Gasteiger partial charge on any atom is -0.486 e. The number of ether oxygens (including phenoxy) is 3. The Morgan fingerprint density at radius 2 is 1.78 bits per heavy atom. The van der Waals surface area contributed by atoms with Gasteiger partial charge in [-0.05, 0) is 72.6 Å². The summed E-state index contributed by atoms with van der Waals surface area (Å²) in [5, 5.41) is 4.72. The molecular formula is C29H29N3O4S. The molecule has 0 fully saturated rings. The fourth-order valence-electron chi connectivity index (χ4n) is 4.32. The summed E-state index contributed by atoms with van der Waals surface area (Å²) < 4.78 is 21.3. The SMILES string of the molecule is Cc1ccc(C(C)C)c(OCc2nn(CC(=O)c3ccc4c(c3)OCCO4)c(=S)n2-c2ccccc2)c1. The van der Waals surface area contributed by atoms with Gasteiger partial charge in [0.25, 0.3) is 0 Å². The third kappa shape index (κ3) is 5.29. The second kappa shape index (κ2) is 10.6. The van der Waals surface area contributed by atoms with Gasteiger partial charge in [0.1, 0.15) is 32.1 Å². The fraction of sp³-hybridized carbons (Fsp3) is 0.276. The largest absolute Gasteiger partial charge is 0.486 e. The summed E-state index contributed by atoms with van der Waals surface area (Å²) >= 11 is 5.79. The van der Waals surface area contributed by atoms with Crippen molar-refractivity contribution in [2.75, 3.05) is 13.2 Å². The Kier molecular flexibility index (Phi) is 7.10. The molecule has 0 saturated carbocycles. The summed E-state index contributed by atoms with van der Waals surface area (Å²) in [6.45, 7) is 7.47. The summed E-state index contributed by atoms with van der Waals surface area (Å²) in [4.78, 5) is 13.2. The number of carbonyl (C=O) groups is 1. The van der Waals surface area contributed by atoms with Crippen molar-refractivity contribution in [2.24, 2.45) is 0 Å². The van der Waals surface area contributed by atoms with E-state index in [0.29, 0.717) is 46.8 Å². The highest BCUT2D eigenvalue weighted by atomic mass is 32.1. The number of fused-ring (bicyclic) bond motifs is 1. The van der Waals surface area contributed by atoms with E-state index in [1.807, 2.05) is 47.9 Å². The number of rotatable bonds is 8. The first-order valence-electron chi connectivity index (χ1n) is 12.3. The lowest BCUT2D eigenvalue weighted by Crippen LogP contribution is -2.17. The van der Waals surface area contributed by atoms with Crippen molar-refractivity contribution in [1.82, 2.24) is 14.3 Å². The van der Waals surface area contributed by atoms with Crippen molar-refractivity contribution in [3.05, 3.63) is 94.0 Å². The van der Waals surface area contributed by atoms with Crippen molar-refractivity contribution >= 4 is 18.0 Å². The van der Waals surface area contributed by atoms with Crippen molar-refractivity contribution < 1.29 is 19.0 Å². The molecule has 37 heavy (non-hydrogen) atoms. The third-order valence-electron chi connectivity index (χ3n) is 6.23. The molecule has 3 aromatic carbocycles. The Hall–Kier alpha value is -3.91. The van der Waals surface area contributed by atoms with Gasteiger partial charge in [0.05, 0.1) is 0 Å². The van der Waals surface area contributed by atoms with Crippen LogP contribution >= 0.6 is 12.2 Å². The number of aryl methyl sites for hydroxylation is 1. The Balaban J connectivity index is 1.46. The summed E-state index contributed by atoms with van der Waals surface area (Å²) in [5.74, 6) is 2.84. The van der Waals surface area contributed by atoms with Gasteiger partial charge < -0.3 is 14.2 Å². The lowest BCUT2D eigenvalue weighted by Gasteiger charge is -2.18. The van der Waals surface area contributed by atoms with Gasteiger partial charge in [-0.1, -0.05) is 44.2 Å². The topological polar surface area (TPSA) is 67.5 Å². The predicted octanol–water partition coefficient (Wildman–Crippen LogP) is 6.07. The van der Waals surface area contributed by atoms with Crippen LogP contribution in [0.5, 0.6) is 17.2 Å². The minimum atomic E-state index is -0.126. The number of carbonyl (C=O) groups excluding carboxylic acids is 1. The molecular weight excluding hydrogens is 486 g/mol. The van der Waals surface area contributed by atoms with Crippen LogP contribution in [-0.4, -0.2) is 33.3 Å². The molecule has 0 amide bonds. The average molecular weight is 516 g/mol. The van der Waals surface area contributed by atoms with E-state index in [1.165, 1.54) is 0 Å². The van der Waals surface area contributed by atoms with Gasteiger partial charge in [0.15, 0.2) is 23.1 Å². The molecule has 1 aliphatic heterocycles. The lowest BCUT2D eigenvalue weighted by atomic mass is 10.0. The fourth-order valence-corrected chi connectivity index (χ4v) is 4.63. The smallest absolute Gasteiger partial charge is 0.203 e. The van der Waals surface area contributed by atoms with E-state index in [2.05, 4.69) is 26.0 Å². The zero-order chi connectivity index (χ0) is 25.9. The molecule has 0 bridgehead atoms. The molecule has 0 aliphatic carbocycles. The van der Waals surface area contributed by atoms with Crippen LogP contribution in [-0.2, 0) is 13.2 Å². The van der Waals surface area contributed by atoms with Crippen molar-refractivity contribution in [3.8, 4) is 22.9 Å². The number of hydrogen-bond acceptors (Lipinski definition) is 6. The van der Waals surface area contributed by atoms with Crippen LogP contribution in [0.1, 0.15) is 47.1 Å². The van der Waals surface area contributed by atoms with Crippen LogP contribution < -0.4 is 14.2 Å². The normalized spacial score (nSPS) is 12.5. The van der Waals surface area contributed by atoms with Crippen LogP contribution in [0.3, 0.4) is 0 Å². The average Bonchev–Trinajstić information content (AvgIpc) is 3.21. The minimum absolute atomic E-state index is 0.00694. The molecule has 8 heteroatoms. The van der Waals surface area contributed by atoms with Gasteiger partial charge in [0, 0.05) is 11.3 Å². The van der Waals surface area contributed by atoms with Crippen LogP contribution in [0.2, 0.25) is 0 Å². The van der Waals surface area contributed by atoms with Crippen molar-refractivity contribution in [3.63, 3.8) is 0 Å². The maximum absolute atomic E-state index is 13.2. The molecule has 4 aromatic rings. The molecule has 0 saturated heterocycles. The summed E-state index contributed by atoms with van der Waals surface area (Å²) in [7, 11) is 0. The van der Waals surface area contributed by atoms with Gasteiger partial charge in [0.2, 0.25) is 4.77 Å². The number of ketones is 1. The molecule has 0 atom stereocenters. The highest BCUT2D eigenvalue weighted by Crippen LogP contribution is 2.31. The lowest BCUT2D eigenvalue weighted by molar-refractivity contribution is 0.0965. The van der Waals surface area contributed by atoms with Gasteiger partial charge in [-0.15, -0.1) is 0 Å². The Morgan fingerprint density at radius 3 is 2.54 bits per heavy atom. The van der Waals surface area contributed by atoms with Crippen molar-refractivity contribution in [1.29, 1.82) is 0 Å². The monoisotopic (exact) mass is 515 g/mol. The van der Waals surface area contributed by atoms with E-state index in [0.717, 1.165) is 22.6 Å². The van der Waals surface area contributed by atoms with E-state index in [9.17, 15) is 4.79 Å². The maximum atomic E-state index is 13.2. The first-order chi connectivity index (χ1) is 17.9. The number of hydrogen-bond donors (Lipinski definition) is 0. The highest BCUT2D eigenvalue weighted by molar-refractivity contribution is 7.71. The Labute approximate surface area is 221 Å². The van der Waals surface area contributed by atoms with E-state index >= 15 is 0 Å². The van der Waals surface area contributed by atoms with E-state index in [-0.39, 0.29) is 18.9 Å². The number of nitrogens with zero attached hydrogens (tertiary/aromatic N) is 3. The Bertz CT molecular complexity index is 1490. The predicted molar refractivity (Wildman–Crippen MR) is 144 cm³/mol. The van der Waals surface area contributed by atoms with E-state index in [1.54, 1.807) is 22.9 Å². The maximum Gasteiger partial charge on any atom is 0.203 e. The van der Waals surface area contributed by atoms with Crippen LogP contribution in [0.4, 0.5) is 0 Å². The van der Waals surface area contributed by atoms with E-state index < -0.39 is 0 Å². The molecule has 190 valence electrons. The van der Waals surface area contributed by atoms with Crippen LogP contribution in [0.15, 0.2) is 66.7 Å². The molecule has 5 rings (SSSR count). The second-order valence-corrected chi connectivity index (χ2v) is 9.66. The highest BCUT2D eigenvalue weighted by Gasteiger charge is 2.19. The van der Waals surface area contributed by atoms with Gasteiger partial charge in [-0.2, -0.15) is 5.10 Å². The molecule has 1 aliphatic rings. The summed E-state index contributed by atoms with van der Waals surface area (Å²) in [6.07, 6.45) is 0. The number of aromatic nitrogens is 3. The first-order valence-corrected chi connectivity index (χ1v) is 12.7. The van der Waals surface area contributed by atoms with Gasteiger partial charge >= 0.3 is 0 Å². The molecule has 0 N–H and O–H groups in total. The zero-order valence-corrected chi connectivity index (χ0v) is 22.0. The Morgan fingerprint density at radius 1 is 1.03 bits per heavy atom. The molecule has 0 radical (unpaired) electrons. The second-order valence-electron chi connectivity index (χ2n) is 9.29. The van der Waals surface area contributed by atoms with Crippen LogP contribution in [0, 0.1) is 11.7 Å². The number of benzene rings is 3.